The number of ether oxygens (including phenoxy) is 1. The number of hydrogen-bond acceptors (Lipinski definition) is 7. The molecule has 0 radical (unpaired) electrons. The molecule has 1 aliphatic rings. The van der Waals surface area contributed by atoms with E-state index in [9.17, 15) is 14.4 Å². The van der Waals surface area contributed by atoms with Gasteiger partial charge in [0.2, 0.25) is 16.9 Å². The van der Waals surface area contributed by atoms with Gasteiger partial charge in [0, 0.05) is 42.7 Å². The van der Waals surface area contributed by atoms with Crippen LogP contribution in [0.1, 0.15) is 34.6 Å². The number of rotatable bonds is 6. The molecule has 32 heavy (non-hydrogen) atoms. The van der Waals surface area contributed by atoms with Crippen LogP contribution in [-0.4, -0.2) is 41.6 Å². The molecule has 1 atom stereocenters. The van der Waals surface area contributed by atoms with Crippen molar-refractivity contribution < 1.29 is 19.1 Å². The van der Waals surface area contributed by atoms with Crippen molar-refractivity contribution in [1.29, 1.82) is 0 Å². The van der Waals surface area contributed by atoms with Gasteiger partial charge in [-0.05, 0) is 48.5 Å². The molecule has 0 saturated carbocycles. The SMILES string of the molecule is COc1ccc(N2C[C@H](c3nnc(NC(=O)c4ccc(NC(C)=O)cc4)s3)CC2=O)cc1. The standard InChI is InChI=1S/C22H21N5O4S/c1-13(28)23-16-5-3-14(4-6-16)20(30)24-22-26-25-21(32-22)15-11-19(29)27(12-15)17-7-9-18(31-2)10-8-17/h3-10,15H,11-12H2,1-2H3,(H,23,28)(H,24,26,30)/t15-/m1/s1. The van der Waals surface area contributed by atoms with E-state index < -0.39 is 0 Å². The van der Waals surface area contributed by atoms with Crippen LogP contribution in [0.2, 0.25) is 0 Å². The Morgan fingerprint density at radius 2 is 1.78 bits per heavy atom. The summed E-state index contributed by atoms with van der Waals surface area (Å²) in [6, 6.07) is 13.9. The van der Waals surface area contributed by atoms with E-state index in [-0.39, 0.29) is 23.6 Å². The first-order valence-corrected chi connectivity index (χ1v) is 10.7. The molecule has 1 fully saturated rings. The molecule has 0 bridgehead atoms. The van der Waals surface area contributed by atoms with Gasteiger partial charge in [0.05, 0.1) is 7.11 Å². The summed E-state index contributed by atoms with van der Waals surface area (Å²) in [6.45, 7) is 1.92. The topological polar surface area (TPSA) is 114 Å². The molecule has 3 aromatic rings. The first-order valence-electron chi connectivity index (χ1n) is 9.90. The van der Waals surface area contributed by atoms with Crippen LogP contribution in [0.5, 0.6) is 5.75 Å². The van der Waals surface area contributed by atoms with Crippen LogP contribution in [0.25, 0.3) is 0 Å². The van der Waals surface area contributed by atoms with Crippen molar-refractivity contribution >= 4 is 45.6 Å². The van der Waals surface area contributed by atoms with Gasteiger partial charge in [0.1, 0.15) is 10.8 Å². The lowest BCUT2D eigenvalue weighted by Crippen LogP contribution is -2.24. The highest BCUT2D eigenvalue weighted by Gasteiger charge is 2.34. The first-order chi connectivity index (χ1) is 15.4. The van der Waals surface area contributed by atoms with Gasteiger partial charge in [0.25, 0.3) is 5.91 Å². The molecule has 164 valence electrons. The van der Waals surface area contributed by atoms with Crippen molar-refractivity contribution in [2.75, 3.05) is 29.2 Å². The van der Waals surface area contributed by atoms with Crippen LogP contribution < -0.4 is 20.3 Å². The van der Waals surface area contributed by atoms with Crippen molar-refractivity contribution in [3.63, 3.8) is 0 Å². The summed E-state index contributed by atoms with van der Waals surface area (Å²) in [5, 5.41) is 14.7. The highest BCUT2D eigenvalue weighted by Crippen LogP contribution is 2.34. The summed E-state index contributed by atoms with van der Waals surface area (Å²) in [6.07, 6.45) is 0.333. The zero-order chi connectivity index (χ0) is 22.7. The van der Waals surface area contributed by atoms with Crippen LogP contribution in [0.4, 0.5) is 16.5 Å². The maximum atomic E-state index is 12.5. The first kappa shape index (κ1) is 21.4. The van der Waals surface area contributed by atoms with Gasteiger partial charge in [-0.15, -0.1) is 10.2 Å². The van der Waals surface area contributed by atoms with Crippen molar-refractivity contribution in [2.45, 2.75) is 19.3 Å². The van der Waals surface area contributed by atoms with Crippen molar-refractivity contribution in [1.82, 2.24) is 10.2 Å². The lowest BCUT2D eigenvalue weighted by atomic mass is 10.1. The average Bonchev–Trinajstić information content (AvgIpc) is 3.40. The number of nitrogens with one attached hydrogen (secondary N) is 2. The Bertz CT molecular complexity index is 1140. The Morgan fingerprint density at radius 3 is 2.44 bits per heavy atom. The molecule has 1 aliphatic heterocycles. The fourth-order valence-electron chi connectivity index (χ4n) is 3.41. The van der Waals surface area contributed by atoms with Crippen LogP contribution in [0.15, 0.2) is 48.5 Å². The number of anilines is 3. The van der Waals surface area contributed by atoms with E-state index in [4.69, 9.17) is 4.74 Å². The van der Waals surface area contributed by atoms with Gasteiger partial charge in [-0.25, -0.2) is 0 Å². The monoisotopic (exact) mass is 451 g/mol. The predicted octanol–water partition coefficient (Wildman–Crippen LogP) is 3.28. The second-order valence-corrected chi connectivity index (χ2v) is 8.27. The molecule has 3 amide bonds. The Labute approximate surface area is 188 Å². The number of nitrogens with zero attached hydrogens (tertiary/aromatic N) is 3. The van der Waals surface area contributed by atoms with Crippen LogP contribution in [-0.2, 0) is 9.59 Å². The van der Waals surface area contributed by atoms with E-state index in [2.05, 4.69) is 20.8 Å². The molecule has 4 rings (SSSR count). The fourth-order valence-corrected chi connectivity index (χ4v) is 4.24. The third kappa shape index (κ3) is 4.75. The number of carbonyl (C=O) groups excluding carboxylic acids is 3. The van der Waals surface area contributed by atoms with Gasteiger partial charge < -0.3 is 15.0 Å². The van der Waals surface area contributed by atoms with E-state index in [1.54, 1.807) is 36.3 Å². The van der Waals surface area contributed by atoms with Gasteiger partial charge >= 0.3 is 0 Å². The van der Waals surface area contributed by atoms with Crippen LogP contribution in [0, 0.1) is 0 Å². The summed E-state index contributed by atoms with van der Waals surface area (Å²) in [4.78, 5) is 37.8. The zero-order valence-corrected chi connectivity index (χ0v) is 18.3. The molecule has 1 saturated heterocycles. The molecule has 0 aliphatic carbocycles. The second kappa shape index (κ2) is 9.15. The van der Waals surface area contributed by atoms with Gasteiger partial charge in [-0.3, -0.25) is 19.7 Å². The van der Waals surface area contributed by atoms with E-state index in [0.29, 0.717) is 34.4 Å². The Kier molecular flexibility index (Phi) is 6.13. The average molecular weight is 452 g/mol. The summed E-state index contributed by atoms with van der Waals surface area (Å²) < 4.78 is 5.17. The Hall–Kier alpha value is -3.79. The molecule has 1 aromatic heterocycles. The number of benzene rings is 2. The van der Waals surface area contributed by atoms with Crippen LogP contribution >= 0.6 is 11.3 Å². The summed E-state index contributed by atoms with van der Waals surface area (Å²) >= 11 is 1.26. The second-order valence-electron chi connectivity index (χ2n) is 7.26. The smallest absolute Gasteiger partial charge is 0.257 e. The van der Waals surface area contributed by atoms with Crippen molar-refractivity contribution in [2.24, 2.45) is 0 Å². The van der Waals surface area contributed by atoms with Gasteiger partial charge in [0.15, 0.2) is 0 Å². The highest BCUT2D eigenvalue weighted by molar-refractivity contribution is 7.15. The normalized spacial score (nSPS) is 15.5. The largest absolute Gasteiger partial charge is 0.497 e. The van der Waals surface area contributed by atoms with Crippen LogP contribution in [0.3, 0.4) is 0 Å². The minimum absolute atomic E-state index is 0.0141. The fraction of sp³-hybridized carbons (Fsp3) is 0.227. The third-order valence-electron chi connectivity index (χ3n) is 4.99. The molecule has 0 spiro atoms. The Morgan fingerprint density at radius 1 is 1.06 bits per heavy atom. The molecule has 2 aromatic carbocycles. The van der Waals surface area contributed by atoms with E-state index in [1.807, 2.05) is 24.3 Å². The maximum Gasteiger partial charge on any atom is 0.257 e. The molecule has 10 heteroatoms. The number of aromatic nitrogens is 2. The molecule has 2 N–H and O–H groups in total. The van der Waals surface area contributed by atoms with Crippen molar-refractivity contribution in [3.8, 4) is 5.75 Å². The molecule has 0 unspecified atom stereocenters. The van der Waals surface area contributed by atoms with Gasteiger partial charge in [-0.1, -0.05) is 11.3 Å². The highest BCUT2D eigenvalue weighted by atomic mass is 32.1. The number of methoxy groups -OCH3 is 1. The lowest BCUT2D eigenvalue weighted by molar-refractivity contribution is -0.117. The summed E-state index contributed by atoms with van der Waals surface area (Å²) in [7, 11) is 1.60. The van der Waals surface area contributed by atoms with Gasteiger partial charge in [-0.2, -0.15) is 0 Å². The summed E-state index contributed by atoms with van der Waals surface area (Å²) in [5.41, 5.74) is 1.84. The third-order valence-corrected chi connectivity index (χ3v) is 5.99. The number of hydrogen-bond donors (Lipinski definition) is 2. The predicted molar refractivity (Wildman–Crippen MR) is 121 cm³/mol. The molecule has 2 heterocycles. The Balaban J connectivity index is 1.39. The summed E-state index contributed by atoms with van der Waals surface area (Å²) in [5.74, 6) is 0.139. The molecular weight excluding hydrogens is 430 g/mol. The number of amides is 3. The van der Waals surface area contributed by atoms with E-state index in [1.165, 1.54) is 18.3 Å². The van der Waals surface area contributed by atoms with Crippen molar-refractivity contribution in [3.05, 3.63) is 59.1 Å². The van der Waals surface area contributed by atoms with E-state index in [0.717, 1.165) is 11.4 Å². The molecule has 9 nitrogen and oxygen atoms in total. The molecular formula is C22H21N5O4S. The lowest BCUT2D eigenvalue weighted by Gasteiger charge is -2.16. The minimum Gasteiger partial charge on any atom is -0.497 e. The zero-order valence-electron chi connectivity index (χ0n) is 17.5. The van der Waals surface area contributed by atoms with E-state index >= 15 is 0 Å². The number of carbonyl (C=O) groups is 3. The quantitative estimate of drug-likeness (QED) is 0.595. The maximum absolute atomic E-state index is 12.5. The minimum atomic E-state index is -0.329.